The van der Waals surface area contributed by atoms with Gasteiger partial charge in [-0.25, -0.2) is 4.39 Å². The van der Waals surface area contributed by atoms with E-state index in [0.29, 0.717) is 11.3 Å². The van der Waals surface area contributed by atoms with Crippen LogP contribution < -0.4 is 5.32 Å². The summed E-state index contributed by atoms with van der Waals surface area (Å²) in [5.74, 6) is -0.844. The lowest BCUT2D eigenvalue weighted by atomic mass is 10.1. The van der Waals surface area contributed by atoms with E-state index in [4.69, 9.17) is 0 Å². The number of halogens is 1. The minimum atomic E-state index is -0.325. The van der Waals surface area contributed by atoms with Crippen molar-refractivity contribution < 1.29 is 14.0 Å². The van der Waals surface area contributed by atoms with Crippen molar-refractivity contribution in [3.05, 3.63) is 77.6 Å². The van der Waals surface area contributed by atoms with Gasteiger partial charge in [0.15, 0.2) is 0 Å². The van der Waals surface area contributed by atoms with E-state index >= 15 is 0 Å². The van der Waals surface area contributed by atoms with Gasteiger partial charge in [0.2, 0.25) is 5.91 Å². The Bertz CT molecular complexity index is 779. The maximum Gasteiger partial charge on any atom is 0.259 e. The molecule has 0 aliphatic carbocycles. The average Bonchev–Trinajstić information content (AvgIpc) is 2.81. The van der Waals surface area contributed by atoms with Gasteiger partial charge >= 0.3 is 0 Å². The molecule has 0 bridgehead atoms. The van der Waals surface area contributed by atoms with Gasteiger partial charge in [-0.05, 0) is 30.7 Å². The smallest absolute Gasteiger partial charge is 0.259 e. The molecule has 1 aliphatic rings. The molecule has 0 saturated carbocycles. The Morgan fingerprint density at radius 3 is 2.42 bits per heavy atom. The molecule has 1 aliphatic heterocycles. The second-order valence-electron chi connectivity index (χ2n) is 5.72. The molecule has 24 heavy (non-hydrogen) atoms. The number of nitrogens with one attached hydrogen (secondary N) is 1. The summed E-state index contributed by atoms with van der Waals surface area (Å²) in [4.78, 5) is 26.0. The highest BCUT2D eigenvalue weighted by Crippen LogP contribution is 2.30. The van der Waals surface area contributed by atoms with Gasteiger partial charge in [0, 0.05) is 16.8 Å². The zero-order valence-corrected chi connectivity index (χ0v) is 13.3. The SMILES string of the molecule is C=C1c2ccccc2C(=O)N1CC(=O)NC(C)c1ccc(F)cc1. The zero-order valence-electron chi connectivity index (χ0n) is 13.3. The van der Waals surface area contributed by atoms with Gasteiger partial charge in [-0.1, -0.05) is 36.9 Å². The molecular weight excluding hydrogens is 307 g/mol. The maximum atomic E-state index is 13.0. The first-order valence-corrected chi connectivity index (χ1v) is 7.62. The lowest BCUT2D eigenvalue weighted by Gasteiger charge is -2.19. The largest absolute Gasteiger partial charge is 0.348 e. The van der Waals surface area contributed by atoms with Crippen LogP contribution in [0.1, 0.15) is 34.5 Å². The Kier molecular flexibility index (Phi) is 4.16. The second-order valence-corrected chi connectivity index (χ2v) is 5.72. The number of hydrogen-bond donors (Lipinski definition) is 1. The predicted molar refractivity (Wildman–Crippen MR) is 89.5 cm³/mol. The summed E-state index contributed by atoms with van der Waals surface area (Å²) < 4.78 is 13.0. The molecule has 1 heterocycles. The van der Waals surface area contributed by atoms with Crippen LogP contribution in [0.15, 0.2) is 55.1 Å². The molecule has 0 aromatic heterocycles. The summed E-state index contributed by atoms with van der Waals surface area (Å²) in [5.41, 5.74) is 2.63. The van der Waals surface area contributed by atoms with Crippen LogP contribution in [0.3, 0.4) is 0 Å². The van der Waals surface area contributed by atoms with E-state index in [-0.39, 0.29) is 30.2 Å². The molecule has 0 fully saturated rings. The number of fused-ring (bicyclic) bond motifs is 1. The van der Waals surface area contributed by atoms with Crippen molar-refractivity contribution >= 4 is 17.5 Å². The highest BCUT2D eigenvalue weighted by Gasteiger charge is 2.32. The van der Waals surface area contributed by atoms with Crippen molar-refractivity contribution in [1.29, 1.82) is 0 Å². The summed E-state index contributed by atoms with van der Waals surface area (Å²) in [6, 6.07) is 12.8. The summed E-state index contributed by atoms with van der Waals surface area (Å²) in [7, 11) is 0. The Balaban J connectivity index is 1.66. The molecule has 3 rings (SSSR count). The normalized spacial score (nSPS) is 14.5. The molecule has 4 nitrogen and oxygen atoms in total. The fourth-order valence-corrected chi connectivity index (χ4v) is 2.77. The van der Waals surface area contributed by atoms with Crippen molar-refractivity contribution in [3.63, 3.8) is 0 Å². The molecule has 0 radical (unpaired) electrons. The summed E-state index contributed by atoms with van der Waals surface area (Å²) in [6.07, 6.45) is 0. The first-order chi connectivity index (χ1) is 11.5. The number of rotatable bonds is 4. The van der Waals surface area contributed by atoms with Crippen LogP contribution in [-0.2, 0) is 4.79 Å². The number of carbonyl (C=O) groups is 2. The minimum absolute atomic E-state index is 0.0993. The van der Waals surface area contributed by atoms with Gasteiger partial charge in [-0.2, -0.15) is 0 Å². The summed E-state index contributed by atoms with van der Waals surface area (Å²) in [5, 5.41) is 2.81. The van der Waals surface area contributed by atoms with Gasteiger partial charge < -0.3 is 5.32 Å². The van der Waals surface area contributed by atoms with Crippen LogP contribution in [-0.4, -0.2) is 23.3 Å². The highest BCUT2D eigenvalue weighted by atomic mass is 19.1. The molecule has 2 amide bonds. The average molecular weight is 324 g/mol. The van der Waals surface area contributed by atoms with Gasteiger partial charge in [0.05, 0.1) is 6.04 Å². The second kappa shape index (κ2) is 6.28. The van der Waals surface area contributed by atoms with Crippen LogP contribution in [0, 0.1) is 5.82 Å². The number of benzene rings is 2. The third-order valence-electron chi connectivity index (χ3n) is 4.09. The Morgan fingerprint density at radius 1 is 1.17 bits per heavy atom. The standard InChI is InChI=1S/C19H17FN2O2/c1-12(14-7-9-15(20)10-8-14)21-18(23)11-22-13(2)16-5-3-4-6-17(16)19(22)24/h3-10,12H,2,11H2,1H3,(H,21,23). The van der Waals surface area contributed by atoms with Gasteiger partial charge in [-0.3, -0.25) is 14.5 Å². The molecule has 122 valence electrons. The summed E-state index contributed by atoms with van der Waals surface area (Å²) in [6.45, 7) is 5.62. The first kappa shape index (κ1) is 15.9. The van der Waals surface area contributed by atoms with Crippen LogP contribution in [0.2, 0.25) is 0 Å². The zero-order chi connectivity index (χ0) is 17.3. The van der Waals surface area contributed by atoms with Crippen LogP contribution in [0.25, 0.3) is 5.70 Å². The van der Waals surface area contributed by atoms with E-state index in [1.54, 1.807) is 31.2 Å². The molecule has 0 spiro atoms. The quantitative estimate of drug-likeness (QED) is 0.939. The van der Waals surface area contributed by atoms with E-state index in [9.17, 15) is 14.0 Å². The molecule has 1 atom stereocenters. The van der Waals surface area contributed by atoms with E-state index in [0.717, 1.165) is 11.1 Å². The monoisotopic (exact) mass is 324 g/mol. The third kappa shape index (κ3) is 2.93. The number of hydrogen-bond acceptors (Lipinski definition) is 2. The lowest BCUT2D eigenvalue weighted by molar-refractivity contribution is -0.121. The van der Waals surface area contributed by atoms with Gasteiger partial charge in [0.1, 0.15) is 12.4 Å². The fraction of sp³-hybridized carbons (Fsp3) is 0.158. The maximum absolute atomic E-state index is 13.0. The molecule has 1 unspecified atom stereocenters. The topological polar surface area (TPSA) is 49.4 Å². The van der Waals surface area contributed by atoms with E-state index in [1.165, 1.54) is 17.0 Å². The van der Waals surface area contributed by atoms with E-state index in [2.05, 4.69) is 11.9 Å². The molecule has 2 aromatic carbocycles. The van der Waals surface area contributed by atoms with Crippen molar-refractivity contribution in [2.75, 3.05) is 6.54 Å². The van der Waals surface area contributed by atoms with E-state index in [1.807, 2.05) is 12.1 Å². The van der Waals surface area contributed by atoms with Crippen molar-refractivity contribution in [2.45, 2.75) is 13.0 Å². The Hall–Kier alpha value is -2.95. The van der Waals surface area contributed by atoms with Gasteiger partial charge in [0.25, 0.3) is 5.91 Å². The van der Waals surface area contributed by atoms with E-state index < -0.39 is 0 Å². The minimum Gasteiger partial charge on any atom is -0.348 e. The molecule has 5 heteroatoms. The molecular formula is C19H17FN2O2. The molecule has 1 N–H and O–H groups in total. The highest BCUT2D eigenvalue weighted by molar-refractivity contribution is 6.10. The van der Waals surface area contributed by atoms with Gasteiger partial charge in [-0.15, -0.1) is 0 Å². The molecule has 0 saturated heterocycles. The number of nitrogens with zero attached hydrogens (tertiary/aromatic N) is 1. The Morgan fingerprint density at radius 2 is 1.79 bits per heavy atom. The number of amides is 2. The van der Waals surface area contributed by atoms with Crippen molar-refractivity contribution in [1.82, 2.24) is 10.2 Å². The Labute approximate surface area is 139 Å². The lowest BCUT2D eigenvalue weighted by Crippen LogP contribution is -2.37. The van der Waals surface area contributed by atoms with Crippen LogP contribution in [0.5, 0.6) is 0 Å². The number of carbonyl (C=O) groups excluding carboxylic acids is 2. The van der Waals surface area contributed by atoms with Crippen molar-refractivity contribution in [2.24, 2.45) is 0 Å². The fourth-order valence-electron chi connectivity index (χ4n) is 2.77. The summed E-state index contributed by atoms with van der Waals surface area (Å²) >= 11 is 0. The van der Waals surface area contributed by atoms with Crippen LogP contribution in [0.4, 0.5) is 4.39 Å². The molecule has 2 aromatic rings. The van der Waals surface area contributed by atoms with Crippen LogP contribution >= 0.6 is 0 Å². The third-order valence-corrected chi connectivity index (χ3v) is 4.09. The van der Waals surface area contributed by atoms with Crippen molar-refractivity contribution in [3.8, 4) is 0 Å². The first-order valence-electron chi connectivity index (χ1n) is 7.62. The predicted octanol–water partition coefficient (Wildman–Crippen LogP) is 3.13.